The van der Waals surface area contributed by atoms with Crippen molar-refractivity contribution in [2.45, 2.75) is 25.0 Å². The van der Waals surface area contributed by atoms with Crippen molar-refractivity contribution in [3.8, 4) is 5.75 Å². The highest BCUT2D eigenvalue weighted by Gasteiger charge is 1.98. The van der Waals surface area contributed by atoms with Crippen molar-refractivity contribution in [3.05, 3.63) is 48.3 Å². The van der Waals surface area contributed by atoms with Crippen molar-refractivity contribution in [1.82, 2.24) is 15.3 Å². The molecule has 6 heteroatoms. The molecular formula is C16H21ClN3OS-. The smallest absolute Gasteiger partial charge is 0.187 e. The van der Waals surface area contributed by atoms with Crippen LogP contribution in [0.25, 0.3) is 0 Å². The molecule has 0 atom stereocenters. The van der Waals surface area contributed by atoms with Crippen LogP contribution >= 0.6 is 11.8 Å². The van der Waals surface area contributed by atoms with Gasteiger partial charge in [0, 0.05) is 24.7 Å². The highest BCUT2D eigenvalue weighted by molar-refractivity contribution is 7.99. The van der Waals surface area contributed by atoms with E-state index in [2.05, 4.69) is 27.4 Å². The Morgan fingerprint density at radius 1 is 1.18 bits per heavy atom. The molecule has 0 aliphatic rings. The summed E-state index contributed by atoms with van der Waals surface area (Å²) in [4.78, 5) is 8.38. The standard InChI is InChI=1S/C16H21N3OS.ClH/c1-2-20-15-7-3-6-14(12-15)13-17-8-5-11-21-16-18-9-4-10-19-16;/h3-4,6-7,9-10,12,17H,2,5,8,11,13H2,1H3;1H/p-1. The van der Waals surface area contributed by atoms with Crippen LogP contribution in [0.5, 0.6) is 5.75 Å². The third-order valence-electron chi connectivity index (χ3n) is 2.81. The first kappa shape index (κ1) is 18.7. The van der Waals surface area contributed by atoms with Gasteiger partial charge in [-0.2, -0.15) is 0 Å². The van der Waals surface area contributed by atoms with Crippen molar-refractivity contribution in [2.24, 2.45) is 0 Å². The van der Waals surface area contributed by atoms with E-state index in [1.807, 2.05) is 25.1 Å². The maximum atomic E-state index is 5.50. The van der Waals surface area contributed by atoms with Gasteiger partial charge in [0.05, 0.1) is 6.61 Å². The van der Waals surface area contributed by atoms with Gasteiger partial charge in [-0.1, -0.05) is 23.9 Å². The first-order valence-electron chi connectivity index (χ1n) is 7.21. The lowest BCUT2D eigenvalue weighted by Gasteiger charge is -2.07. The molecule has 2 rings (SSSR count). The van der Waals surface area contributed by atoms with Crippen molar-refractivity contribution in [3.63, 3.8) is 0 Å². The second-order valence-electron chi connectivity index (χ2n) is 4.49. The minimum absolute atomic E-state index is 0. The van der Waals surface area contributed by atoms with Crippen molar-refractivity contribution >= 4 is 11.8 Å². The summed E-state index contributed by atoms with van der Waals surface area (Å²) in [5.74, 6) is 1.96. The lowest BCUT2D eigenvalue weighted by Crippen LogP contribution is -3.00. The number of rotatable bonds is 9. The molecule has 120 valence electrons. The normalized spacial score (nSPS) is 10.0. The molecule has 4 nitrogen and oxygen atoms in total. The summed E-state index contributed by atoms with van der Waals surface area (Å²) in [7, 11) is 0. The zero-order chi connectivity index (χ0) is 14.8. The van der Waals surface area contributed by atoms with E-state index in [4.69, 9.17) is 4.74 Å². The van der Waals surface area contributed by atoms with E-state index < -0.39 is 0 Å². The Morgan fingerprint density at radius 2 is 2.00 bits per heavy atom. The van der Waals surface area contributed by atoms with Gasteiger partial charge in [0.25, 0.3) is 0 Å². The fourth-order valence-electron chi connectivity index (χ4n) is 1.87. The molecule has 0 bridgehead atoms. The van der Waals surface area contributed by atoms with E-state index in [1.54, 1.807) is 24.2 Å². The van der Waals surface area contributed by atoms with E-state index in [-0.39, 0.29) is 12.4 Å². The van der Waals surface area contributed by atoms with Gasteiger partial charge in [0.2, 0.25) is 0 Å². The Morgan fingerprint density at radius 3 is 2.77 bits per heavy atom. The fraction of sp³-hybridized carbons (Fsp3) is 0.375. The molecule has 1 N–H and O–H groups in total. The average Bonchev–Trinajstić information content (AvgIpc) is 2.52. The predicted molar refractivity (Wildman–Crippen MR) is 86.7 cm³/mol. The molecule has 0 amide bonds. The van der Waals surface area contributed by atoms with Crippen LogP contribution in [-0.2, 0) is 6.54 Å². The number of aromatic nitrogens is 2. The van der Waals surface area contributed by atoms with Crippen molar-refractivity contribution < 1.29 is 17.1 Å². The number of hydrogen-bond acceptors (Lipinski definition) is 5. The van der Waals surface area contributed by atoms with E-state index in [9.17, 15) is 0 Å². The van der Waals surface area contributed by atoms with Gasteiger partial charge >= 0.3 is 0 Å². The molecule has 0 radical (unpaired) electrons. The highest BCUT2D eigenvalue weighted by atomic mass is 35.5. The number of hydrogen-bond donors (Lipinski definition) is 1. The maximum Gasteiger partial charge on any atom is 0.187 e. The summed E-state index contributed by atoms with van der Waals surface area (Å²) >= 11 is 1.69. The van der Waals surface area contributed by atoms with Gasteiger partial charge in [-0.25, -0.2) is 9.97 Å². The summed E-state index contributed by atoms with van der Waals surface area (Å²) < 4.78 is 5.50. The molecule has 0 unspecified atom stereocenters. The summed E-state index contributed by atoms with van der Waals surface area (Å²) in [6.07, 6.45) is 4.64. The molecule has 1 aromatic heterocycles. The lowest BCUT2D eigenvalue weighted by atomic mass is 10.2. The van der Waals surface area contributed by atoms with E-state index in [1.165, 1.54) is 5.56 Å². The van der Waals surface area contributed by atoms with Crippen LogP contribution in [-0.4, -0.2) is 28.9 Å². The van der Waals surface area contributed by atoms with Gasteiger partial charge in [-0.05, 0) is 43.7 Å². The fourth-order valence-corrected chi connectivity index (χ4v) is 2.61. The monoisotopic (exact) mass is 338 g/mol. The van der Waals surface area contributed by atoms with Gasteiger partial charge in [0.1, 0.15) is 5.75 Å². The summed E-state index contributed by atoms with van der Waals surface area (Å²) in [5.41, 5.74) is 1.25. The second kappa shape index (κ2) is 11.3. The number of halogens is 1. The molecule has 1 heterocycles. The minimum Gasteiger partial charge on any atom is -1.00 e. The SMILES string of the molecule is CCOc1cccc(CNCCCSc2ncccn2)c1.[Cl-]. The minimum atomic E-state index is 0. The van der Waals surface area contributed by atoms with Crippen molar-refractivity contribution in [1.29, 1.82) is 0 Å². The number of benzene rings is 1. The molecule has 0 aliphatic heterocycles. The van der Waals surface area contributed by atoms with Gasteiger partial charge in [-0.15, -0.1) is 0 Å². The second-order valence-corrected chi connectivity index (χ2v) is 5.55. The maximum absolute atomic E-state index is 5.50. The Bertz CT molecular complexity index is 528. The van der Waals surface area contributed by atoms with Crippen molar-refractivity contribution in [2.75, 3.05) is 18.9 Å². The third-order valence-corrected chi connectivity index (χ3v) is 3.77. The summed E-state index contributed by atoms with van der Waals surface area (Å²) in [6, 6.07) is 10.1. The van der Waals surface area contributed by atoms with Crippen LogP contribution in [0.4, 0.5) is 0 Å². The number of nitrogens with one attached hydrogen (secondary N) is 1. The Labute approximate surface area is 142 Å². The average molecular weight is 339 g/mol. The molecule has 0 spiro atoms. The van der Waals surface area contributed by atoms with Gasteiger partial charge in [-0.3, -0.25) is 0 Å². The summed E-state index contributed by atoms with van der Waals surface area (Å²) in [5, 5.41) is 4.30. The molecule has 0 fully saturated rings. The molecular weight excluding hydrogens is 318 g/mol. The molecule has 22 heavy (non-hydrogen) atoms. The number of nitrogens with zero attached hydrogens (tertiary/aromatic N) is 2. The summed E-state index contributed by atoms with van der Waals surface area (Å²) in [6.45, 7) is 4.56. The Kier molecular flexibility index (Phi) is 9.62. The molecule has 0 saturated carbocycles. The third kappa shape index (κ3) is 7.11. The van der Waals surface area contributed by atoms with Crippen LogP contribution in [0.15, 0.2) is 47.9 Å². The van der Waals surface area contributed by atoms with E-state index >= 15 is 0 Å². The Hall–Kier alpha value is -1.30. The van der Waals surface area contributed by atoms with Crippen LogP contribution in [0.2, 0.25) is 0 Å². The quantitative estimate of drug-likeness (QED) is 0.401. The Balaban J connectivity index is 0.00000242. The van der Waals surface area contributed by atoms with E-state index in [0.717, 1.165) is 36.2 Å². The van der Waals surface area contributed by atoms with Crippen LogP contribution in [0.1, 0.15) is 18.9 Å². The topological polar surface area (TPSA) is 47.0 Å². The predicted octanol–water partition coefficient (Wildman–Crippen LogP) is 0.151. The molecule has 0 saturated heterocycles. The van der Waals surface area contributed by atoms with Gasteiger partial charge in [0.15, 0.2) is 5.16 Å². The lowest BCUT2D eigenvalue weighted by molar-refractivity contribution is -0.00000501. The van der Waals surface area contributed by atoms with Gasteiger partial charge < -0.3 is 22.5 Å². The zero-order valence-electron chi connectivity index (χ0n) is 12.7. The van der Waals surface area contributed by atoms with E-state index in [0.29, 0.717) is 6.61 Å². The number of ether oxygens (including phenoxy) is 1. The van der Waals surface area contributed by atoms with Crippen LogP contribution < -0.4 is 22.5 Å². The van der Waals surface area contributed by atoms with Crippen LogP contribution in [0, 0.1) is 0 Å². The molecule has 2 aromatic rings. The first-order chi connectivity index (χ1) is 10.4. The number of thioether (sulfide) groups is 1. The molecule has 1 aromatic carbocycles. The van der Waals surface area contributed by atoms with Crippen LogP contribution in [0.3, 0.4) is 0 Å². The largest absolute Gasteiger partial charge is 1.00 e. The highest BCUT2D eigenvalue weighted by Crippen LogP contribution is 2.13. The first-order valence-corrected chi connectivity index (χ1v) is 8.19. The zero-order valence-corrected chi connectivity index (χ0v) is 14.2. The molecule has 0 aliphatic carbocycles.